The van der Waals surface area contributed by atoms with Crippen molar-refractivity contribution in [1.29, 1.82) is 0 Å². The van der Waals surface area contributed by atoms with E-state index in [0.29, 0.717) is 11.1 Å². The summed E-state index contributed by atoms with van der Waals surface area (Å²) in [7, 11) is 1.33. The molecule has 2 aromatic carbocycles. The molecule has 0 amide bonds. The SMILES string of the molecule is CCOC(=O)Oc1c(OC)ccnc1C(=O)C[C@@H](C)C(=O)O[C@@H](C)C(c1ccc(F)cc1)c1ccc(F)cc1. The molecule has 0 saturated heterocycles. The Morgan fingerprint density at radius 2 is 1.46 bits per heavy atom. The first-order valence-electron chi connectivity index (χ1n) is 12.3. The van der Waals surface area contributed by atoms with Gasteiger partial charge in [-0.2, -0.15) is 0 Å². The van der Waals surface area contributed by atoms with Gasteiger partial charge in [0.2, 0.25) is 5.75 Å². The molecule has 0 radical (unpaired) electrons. The Morgan fingerprint density at radius 3 is 1.97 bits per heavy atom. The number of ether oxygens (including phenoxy) is 4. The Balaban J connectivity index is 1.77. The topological polar surface area (TPSA) is 101 Å². The minimum atomic E-state index is -1.04. The number of halogens is 2. The van der Waals surface area contributed by atoms with E-state index in [1.807, 2.05) is 0 Å². The van der Waals surface area contributed by atoms with Gasteiger partial charge in [0.1, 0.15) is 17.7 Å². The maximum absolute atomic E-state index is 13.6. The van der Waals surface area contributed by atoms with Gasteiger partial charge in [0.25, 0.3) is 0 Å². The molecule has 10 heteroatoms. The van der Waals surface area contributed by atoms with E-state index < -0.39 is 47.5 Å². The van der Waals surface area contributed by atoms with Crippen molar-refractivity contribution < 1.29 is 42.1 Å². The van der Waals surface area contributed by atoms with E-state index >= 15 is 0 Å². The first-order valence-corrected chi connectivity index (χ1v) is 12.3. The van der Waals surface area contributed by atoms with Gasteiger partial charge in [0.05, 0.1) is 19.6 Å². The number of ketones is 1. The van der Waals surface area contributed by atoms with Crippen LogP contribution in [-0.2, 0) is 14.3 Å². The molecule has 0 aliphatic heterocycles. The smallest absolute Gasteiger partial charge is 0.493 e. The molecule has 1 aromatic heterocycles. The minimum absolute atomic E-state index is 0.0581. The number of carbonyl (C=O) groups is 3. The molecule has 39 heavy (non-hydrogen) atoms. The van der Waals surface area contributed by atoms with E-state index in [4.69, 9.17) is 18.9 Å². The van der Waals surface area contributed by atoms with Gasteiger partial charge in [0.15, 0.2) is 17.2 Å². The largest absolute Gasteiger partial charge is 0.514 e. The van der Waals surface area contributed by atoms with Crippen molar-refractivity contribution in [3.05, 3.63) is 89.2 Å². The monoisotopic (exact) mass is 541 g/mol. The predicted octanol–water partition coefficient (Wildman–Crippen LogP) is 5.88. The summed E-state index contributed by atoms with van der Waals surface area (Å²) >= 11 is 0. The number of carbonyl (C=O) groups excluding carboxylic acids is 3. The van der Waals surface area contributed by atoms with Crippen molar-refractivity contribution >= 4 is 17.9 Å². The number of Topliss-reactive ketones (excluding diaryl/α,β-unsaturated/α-hetero) is 1. The van der Waals surface area contributed by atoms with Crippen LogP contribution in [0.25, 0.3) is 0 Å². The number of esters is 1. The molecule has 0 saturated carbocycles. The van der Waals surface area contributed by atoms with Crippen LogP contribution in [0.5, 0.6) is 11.5 Å². The highest BCUT2D eigenvalue weighted by Crippen LogP contribution is 2.33. The van der Waals surface area contributed by atoms with E-state index in [1.165, 1.54) is 50.6 Å². The number of hydrogen-bond donors (Lipinski definition) is 0. The zero-order valence-corrected chi connectivity index (χ0v) is 22.0. The van der Waals surface area contributed by atoms with Crippen LogP contribution < -0.4 is 9.47 Å². The third kappa shape index (κ3) is 7.59. The molecular formula is C29H29F2NO7. The van der Waals surface area contributed by atoms with Gasteiger partial charge in [-0.25, -0.2) is 18.6 Å². The van der Waals surface area contributed by atoms with Crippen molar-refractivity contribution in [2.24, 2.45) is 5.92 Å². The molecule has 206 valence electrons. The number of nitrogens with zero attached hydrogens (tertiary/aromatic N) is 1. The average Bonchev–Trinajstić information content (AvgIpc) is 2.91. The third-order valence-corrected chi connectivity index (χ3v) is 5.92. The summed E-state index contributed by atoms with van der Waals surface area (Å²) in [4.78, 5) is 42.0. The number of pyridine rings is 1. The first kappa shape index (κ1) is 29.2. The highest BCUT2D eigenvalue weighted by molar-refractivity contribution is 5.99. The number of benzene rings is 2. The Labute approximate surface area is 224 Å². The zero-order chi connectivity index (χ0) is 28.5. The summed E-state index contributed by atoms with van der Waals surface area (Å²) in [5.74, 6) is -3.65. The van der Waals surface area contributed by atoms with Crippen LogP contribution in [0.1, 0.15) is 54.7 Å². The summed E-state index contributed by atoms with van der Waals surface area (Å²) in [6.07, 6.45) is -0.774. The molecule has 0 aliphatic rings. The molecule has 3 rings (SSSR count). The lowest BCUT2D eigenvalue weighted by molar-refractivity contribution is -0.153. The summed E-state index contributed by atoms with van der Waals surface area (Å²) in [6.45, 7) is 4.84. The van der Waals surface area contributed by atoms with Crippen molar-refractivity contribution in [2.75, 3.05) is 13.7 Å². The number of rotatable bonds is 11. The summed E-state index contributed by atoms with van der Waals surface area (Å²) < 4.78 is 47.9. The van der Waals surface area contributed by atoms with Crippen LogP contribution in [-0.4, -0.2) is 42.7 Å². The molecule has 0 fully saturated rings. The number of aromatic nitrogens is 1. The van der Waals surface area contributed by atoms with E-state index in [9.17, 15) is 23.2 Å². The summed E-state index contributed by atoms with van der Waals surface area (Å²) in [5.41, 5.74) is 1.12. The van der Waals surface area contributed by atoms with Crippen LogP contribution >= 0.6 is 0 Å². The lowest BCUT2D eigenvalue weighted by Gasteiger charge is -2.26. The van der Waals surface area contributed by atoms with Crippen molar-refractivity contribution in [3.8, 4) is 11.5 Å². The molecule has 2 atom stereocenters. The fourth-order valence-corrected chi connectivity index (χ4v) is 4.02. The Hall–Kier alpha value is -4.34. The molecule has 1 heterocycles. The standard InChI is InChI=1S/C29H29F2NO7/c1-5-37-29(35)39-27-24(36-4)14-15-32-26(27)23(33)16-17(2)28(34)38-18(3)25(19-6-10-21(30)11-7-19)20-8-12-22(31)13-9-20/h6-15,17-18,25H,5,16H2,1-4H3/t17-,18+/m1/s1. The van der Waals surface area contributed by atoms with Crippen LogP contribution in [0.4, 0.5) is 13.6 Å². The molecule has 0 unspecified atom stereocenters. The van der Waals surface area contributed by atoms with E-state index in [-0.39, 0.29) is 30.2 Å². The highest BCUT2D eigenvalue weighted by Gasteiger charge is 2.30. The number of methoxy groups -OCH3 is 1. The Morgan fingerprint density at radius 1 is 0.897 bits per heavy atom. The molecule has 0 bridgehead atoms. The first-order chi connectivity index (χ1) is 18.6. The lowest BCUT2D eigenvalue weighted by atomic mass is 9.87. The lowest BCUT2D eigenvalue weighted by Crippen LogP contribution is -2.28. The maximum Gasteiger partial charge on any atom is 0.514 e. The number of hydrogen-bond acceptors (Lipinski definition) is 8. The minimum Gasteiger partial charge on any atom is -0.493 e. The normalized spacial score (nSPS) is 12.4. The zero-order valence-electron chi connectivity index (χ0n) is 22.0. The van der Waals surface area contributed by atoms with E-state index in [0.717, 1.165) is 0 Å². The van der Waals surface area contributed by atoms with Crippen molar-refractivity contribution in [1.82, 2.24) is 4.98 Å². The van der Waals surface area contributed by atoms with Crippen molar-refractivity contribution in [3.63, 3.8) is 0 Å². The van der Waals surface area contributed by atoms with Gasteiger partial charge >= 0.3 is 12.1 Å². The second-order valence-corrected chi connectivity index (χ2v) is 8.73. The third-order valence-electron chi connectivity index (χ3n) is 5.92. The molecule has 0 spiro atoms. The fourth-order valence-electron chi connectivity index (χ4n) is 4.02. The van der Waals surface area contributed by atoms with Gasteiger partial charge in [-0.1, -0.05) is 31.2 Å². The van der Waals surface area contributed by atoms with Crippen LogP contribution in [0.3, 0.4) is 0 Å². The molecule has 3 aromatic rings. The Kier molecular flexibility index (Phi) is 10.1. The van der Waals surface area contributed by atoms with Crippen LogP contribution in [0.15, 0.2) is 60.8 Å². The fraction of sp³-hybridized carbons (Fsp3) is 0.310. The molecule has 8 nitrogen and oxygen atoms in total. The second-order valence-electron chi connectivity index (χ2n) is 8.73. The molecular weight excluding hydrogens is 512 g/mol. The van der Waals surface area contributed by atoms with Gasteiger partial charge < -0.3 is 18.9 Å². The molecule has 0 N–H and O–H groups in total. The Bertz CT molecular complexity index is 1250. The summed E-state index contributed by atoms with van der Waals surface area (Å²) in [5, 5.41) is 0. The van der Waals surface area contributed by atoms with E-state index in [2.05, 4.69) is 4.98 Å². The van der Waals surface area contributed by atoms with Crippen molar-refractivity contribution in [2.45, 2.75) is 39.2 Å². The van der Waals surface area contributed by atoms with Gasteiger partial charge in [-0.3, -0.25) is 9.59 Å². The quantitative estimate of drug-likeness (QED) is 0.219. The van der Waals surface area contributed by atoms with Gasteiger partial charge in [-0.05, 0) is 49.2 Å². The molecule has 0 aliphatic carbocycles. The summed E-state index contributed by atoms with van der Waals surface area (Å²) in [6, 6.07) is 12.9. The highest BCUT2D eigenvalue weighted by atomic mass is 19.1. The maximum atomic E-state index is 13.6. The van der Waals surface area contributed by atoms with Gasteiger partial charge in [0, 0.05) is 24.6 Å². The van der Waals surface area contributed by atoms with Crippen LogP contribution in [0, 0.1) is 17.6 Å². The van der Waals surface area contributed by atoms with E-state index in [1.54, 1.807) is 38.1 Å². The second kappa shape index (κ2) is 13.5. The predicted molar refractivity (Wildman–Crippen MR) is 137 cm³/mol. The van der Waals surface area contributed by atoms with Gasteiger partial charge in [-0.15, -0.1) is 0 Å². The average molecular weight is 542 g/mol. The van der Waals surface area contributed by atoms with Crippen LogP contribution in [0.2, 0.25) is 0 Å².